The average molecular weight is 248 g/mol. The number of nitriles is 1. The van der Waals surface area contributed by atoms with E-state index in [9.17, 15) is 4.79 Å². The third-order valence-electron chi connectivity index (χ3n) is 4.23. The average Bonchev–Trinajstić information content (AvgIpc) is 2.44. The van der Waals surface area contributed by atoms with Gasteiger partial charge in [0.2, 0.25) is 5.91 Å². The molecule has 0 spiro atoms. The van der Waals surface area contributed by atoms with Gasteiger partial charge in [0.05, 0.1) is 17.4 Å². The van der Waals surface area contributed by atoms with Gasteiger partial charge in [-0.2, -0.15) is 5.26 Å². The zero-order valence-corrected chi connectivity index (χ0v) is 11.6. The van der Waals surface area contributed by atoms with Gasteiger partial charge in [-0.05, 0) is 32.1 Å². The Kier molecular flexibility index (Phi) is 5.40. The van der Waals surface area contributed by atoms with Crippen LogP contribution in [0.2, 0.25) is 0 Å². The summed E-state index contributed by atoms with van der Waals surface area (Å²) in [4.78, 5) is 14.6. The molecule has 0 bridgehead atoms. The van der Waals surface area contributed by atoms with Crippen molar-refractivity contribution in [3.63, 3.8) is 0 Å². The molecule has 3 heteroatoms. The second-order valence-corrected chi connectivity index (χ2v) is 5.20. The van der Waals surface area contributed by atoms with Gasteiger partial charge in [0.15, 0.2) is 0 Å². The van der Waals surface area contributed by atoms with Gasteiger partial charge in [0.25, 0.3) is 0 Å². The molecule has 1 atom stereocenters. The van der Waals surface area contributed by atoms with Crippen molar-refractivity contribution in [1.82, 2.24) is 4.90 Å². The number of piperidine rings is 1. The lowest BCUT2D eigenvalue weighted by Gasteiger charge is -2.38. The number of hydrogen-bond acceptors (Lipinski definition) is 2. The summed E-state index contributed by atoms with van der Waals surface area (Å²) >= 11 is 0. The molecule has 1 fully saturated rings. The van der Waals surface area contributed by atoms with Crippen molar-refractivity contribution in [2.75, 3.05) is 13.1 Å². The largest absolute Gasteiger partial charge is 0.341 e. The Bertz CT molecular complexity index is 339. The number of carbonyl (C=O) groups excluding carboxylic acids is 1. The van der Waals surface area contributed by atoms with Crippen molar-refractivity contribution < 1.29 is 4.79 Å². The molecule has 1 aliphatic rings. The van der Waals surface area contributed by atoms with E-state index >= 15 is 0 Å². The second kappa shape index (κ2) is 6.58. The fraction of sp³-hybridized carbons (Fsp3) is 0.733. The molecule has 1 aliphatic heterocycles. The van der Waals surface area contributed by atoms with Crippen LogP contribution >= 0.6 is 0 Å². The number of hydrogen-bond donors (Lipinski definition) is 0. The molecule has 0 aliphatic carbocycles. The van der Waals surface area contributed by atoms with Gasteiger partial charge in [0.1, 0.15) is 0 Å². The van der Waals surface area contributed by atoms with Gasteiger partial charge in [-0.1, -0.05) is 19.9 Å². The zero-order chi connectivity index (χ0) is 13.6. The molecular formula is C15H24N2O. The van der Waals surface area contributed by atoms with Crippen molar-refractivity contribution in [3.8, 4) is 6.07 Å². The highest BCUT2D eigenvalue weighted by Gasteiger charge is 2.38. The first-order valence-electron chi connectivity index (χ1n) is 6.93. The summed E-state index contributed by atoms with van der Waals surface area (Å²) in [6, 6.07) is 2.29. The van der Waals surface area contributed by atoms with E-state index in [0.717, 1.165) is 38.6 Å². The summed E-state index contributed by atoms with van der Waals surface area (Å²) in [6.07, 6.45) is 6.11. The fourth-order valence-electron chi connectivity index (χ4n) is 2.81. The van der Waals surface area contributed by atoms with E-state index in [4.69, 9.17) is 5.26 Å². The molecule has 1 amide bonds. The Hall–Kier alpha value is -1.30. The van der Waals surface area contributed by atoms with Crippen molar-refractivity contribution >= 4 is 5.91 Å². The van der Waals surface area contributed by atoms with E-state index in [1.165, 1.54) is 0 Å². The predicted molar refractivity (Wildman–Crippen MR) is 72.7 cm³/mol. The normalized spacial score (nSPS) is 20.3. The van der Waals surface area contributed by atoms with Gasteiger partial charge in [-0.15, -0.1) is 6.58 Å². The van der Waals surface area contributed by atoms with E-state index < -0.39 is 0 Å². The highest BCUT2D eigenvalue weighted by atomic mass is 16.2. The summed E-state index contributed by atoms with van der Waals surface area (Å²) in [5.74, 6) is 0.227. The summed E-state index contributed by atoms with van der Waals surface area (Å²) in [6.45, 7) is 9.32. The number of rotatable bonds is 5. The van der Waals surface area contributed by atoms with E-state index in [1.807, 2.05) is 11.0 Å². The maximum absolute atomic E-state index is 12.7. The molecule has 1 saturated heterocycles. The predicted octanol–water partition coefficient (Wildman–Crippen LogP) is 3.13. The first-order chi connectivity index (χ1) is 8.63. The van der Waals surface area contributed by atoms with Crippen LogP contribution in [0, 0.1) is 22.7 Å². The number of likely N-dealkylation sites (tertiary alicyclic amines) is 1. The van der Waals surface area contributed by atoms with E-state index in [2.05, 4.69) is 26.5 Å². The van der Waals surface area contributed by atoms with Crippen LogP contribution in [0.15, 0.2) is 12.7 Å². The van der Waals surface area contributed by atoms with Gasteiger partial charge >= 0.3 is 0 Å². The van der Waals surface area contributed by atoms with Gasteiger partial charge in [0, 0.05) is 13.1 Å². The minimum absolute atomic E-state index is 0.0119. The van der Waals surface area contributed by atoms with Crippen LogP contribution in [0.1, 0.15) is 46.0 Å². The molecule has 0 saturated carbocycles. The van der Waals surface area contributed by atoms with E-state index in [0.29, 0.717) is 6.54 Å². The summed E-state index contributed by atoms with van der Waals surface area (Å²) in [5.41, 5.74) is -0.306. The molecular weight excluding hydrogens is 224 g/mol. The van der Waals surface area contributed by atoms with Crippen molar-refractivity contribution in [1.29, 1.82) is 5.26 Å². The zero-order valence-electron chi connectivity index (χ0n) is 11.6. The SMILES string of the molecule is C=CCC(CC)(CC)C(=O)N1CCCC(C#N)C1. The van der Waals surface area contributed by atoms with Crippen LogP contribution in [-0.2, 0) is 4.79 Å². The Balaban J connectivity index is 2.83. The molecule has 0 aromatic rings. The third-order valence-corrected chi connectivity index (χ3v) is 4.23. The Morgan fingerprint density at radius 1 is 1.56 bits per heavy atom. The topological polar surface area (TPSA) is 44.1 Å². The molecule has 1 rings (SSSR count). The summed E-state index contributed by atoms with van der Waals surface area (Å²) < 4.78 is 0. The van der Waals surface area contributed by atoms with E-state index in [1.54, 1.807) is 0 Å². The lowest BCUT2D eigenvalue weighted by Crippen LogP contribution is -2.47. The number of nitrogens with zero attached hydrogens (tertiary/aromatic N) is 2. The van der Waals surface area contributed by atoms with Gasteiger partial charge in [-0.3, -0.25) is 4.79 Å². The second-order valence-electron chi connectivity index (χ2n) is 5.20. The lowest BCUT2D eigenvalue weighted by molar-refractivity contribution is -0.144. The quantitative estimate of drug-likeness (QED) is 0.702. The van der Waals surface area contributed by atoms with Crippen LogP contribution in [-0.4, -0.2) is 23.9 Å². The minimum atomic E-state index is -0.306. The molecule has 18 heavy (non-hydrogen) atoms. The fourth-order valence-corrected chi connectivity index (χ4v) is 2.81. The molecule has 0 radical (unpaired) electrons. The lowest BCUT2D eigenvalue weighted by atomic mass is 9.77. The van der Waals surface area contributed by atoms with Gasteiger partial charge in [-0.25, -0.2) is 0 Å². The monoisotopic (exact) mass is 248 g/mol. The highest BCUT2D eigenvalue weighted by Crippen LogP contribution is 2.34. The van der Waals surface area contributed by atoms with Crippen LogP contribution in [0.25, 0.3) is 0 Å². The standard InChI is InChI=1S/C15H24N2O/c1-4-9-15(5-2,6-3)14(18)17-10-7-8-13(11-16)12-17/h4,13H,1,5-10,12H2,2-3H3. The van der Waals surface area contributed by atoms with E-state index in [-0.39, 0.29) is 17.2 Å². The number of allylic oxidation sites excluding steroid dienone is 1. The maximum Gasteiger partial charge on any atom is 0.229 e. The number of carbonyl (C=O) groups is 1. The maximum atomic E-state index is 12.7. The molecule has 0 aromatic carbocycles. The van der Waals surface area contributed by atoms with Crippen LogP contribution in [0.4, 0.5) is 0 Å². The number of amides is 1. The Labute approximate surface area is 110 Å². The molecule has 100 valence electrons. The minimum Gasteiger partial charge on any atom is -0.341 e. The smallest absolute Gasteiger partial charge is 0.229 e. The van der Waals surface area contributed by atoms with Crippen molar-refractivity contribution in [2.24, 2.45) is 11.3 Å². The van der Waals surface area contributed by atoms with Crippen LogP contribution < -0.4 is 0 Å². The molecule has 0 aromatic heterocycles. The third kappa shape index (κ3) is 2.93. The van der Waals surface area contributed by atoms with Gasteiger partial charge < -0.3 is 4.90 Å². The van der Waals surface area contributed by atoms with Crippen LogP contribution in [0.3, 0.4) is 0 Å². The van der Waals surface area contributed by atoms with Crippen molar-refractivity contribution in [2.45, 2.75) is 46.0 Å². The Morgan fingerprint density at radius 2 is 2.22 bits per heavy atom. The molecule has 1 unspecified atom stereocenters. The summed E-state index contributed by atoms with van der Waals surface area (Å²) in [7, 11) is 0. The van der Waals surface area contributed by atoms with Crippen molar-refractivity contribution in [3.05, 3.63) is 12.7 Å². The Morgan fingerprint density at radius 3 is 2.72 bits per heavy atom. The highest BCUT2D eigenvalue weighted by molar-refractivity contribution is 5.83. The molecule has 0 N–H and O–H groups in total. The van der Waals surface area contributed by atoms with Crippen LogP contribution in [0.5, 0.6) is 0 Å². The summed E-state index contributed by atoms with van der Waals surface area (Å²) in [5, 5.41) is 9.01. The first kappa shape index (κ1) is 14.8. The molecule has 1 heterocycles. The molecule has 3 nitrogen and oxygen atoms in total. The first-order valence-corrected chi connectivity index (χ1v) is 6.93.